The summed E-state index contributed by atoms with van der Waals surface area (Å²) in [6.45, 7) is 8.91. The van der Waals surface area contributed by atoms with Crippen LogP contribution >= 0.6 is 0 Å². The highest BCUT2D eigenvalue weighted by atomic mass is 16.5. The van der Waals surface area contributed by atoms with Crippen molar-refractivity contribution in [3.05, 3.63) is 47.9 Å². The zero-order valence-electron chi connectivity index (χ0n) is 18.3. The molecule has 2 N–H and O–H groups in total. The molecule has 164 valence electrons. The van der Waals surface area contributed by atoms with Gasteiger partial charge in [0.05, 0.1) is 13.2 Å². The van der Waals surface area contributed by atoms with Crippen LogP contribution in [0, 0.1) is 6.92 Å². The Morgan fingerprint density at radius 1 is 1.03 bits per heavy atom. The van der Waals surface area contributed by atoms with Gasteiger partial charge in [0.25, 0.3) is 0 Å². The van der Waals surface area contributed by atoms with Gasteiger partial charge in [-0.15, -0.1) is 0 Å². The molecule has 1 aliphatic rings. The van der Waals surface area contributed by atoms with Crippen molar-refractivity contribution >= 4 is 23.3 Å². The van der Waals surface area contributed by atoms with Gasteiger partial charge >= 0.3 is 6.01 Å². The van der Waals surface area contributed by atoms with Crippen molar-refractivity contribution in [3.63, 3.8) is 0 Å². The minimum Gasteiger partial charge on any atom is -0.465 e. The van der Waals surface area contributed by atoms with Gasteiger partial charge in [0.2, 0.25) is 11.9 Å². The second-order valence-corrected chi connectivity index (χ2v) is 7.53. The molecule has 31 heavy (non-hydrogen) atoms. The van der Waals surface area contributed by atoms with Crippen LogP contribution in [0.15, 0.2) is 40.8 Å². The van der Waals surface area contributed by atoms with Crippen molar-refractivity contribution < 1.29 is 9.15 Å². The van der Waals surface area contributed by atoms with Crippen molar-refractivity contribution in [1.82, 2.24) is 19.9 Å². The Morgan fingerprint density at radius 3 is 2.58 bits per heavy atom. The van der Waals surface area contributed by atoms with Gasteiger partial charge in [0, 0.05) is 37.6 Å². The van der Waals surface area contributed by atoms with E-state index in [1.165, 1.54) is 5.69 Å². The third kappa shape index (κ3) is 5.64. The number of nitrogens with zero attached hydrogens (tertiary/aromatic N) is 5. The fourth-order valence-electron chi connectivity index (χ4n) is 3.41. The van der Waals surface area contributed by atoms with Crippen molar-refractivity contribution in [2.45, 2.75) is 20.4 Å². The van der Waals surface area contributed by atoms with Crippen LogP contribution in [-0.2, 0) is 6.54 Å². The van der Waals surface area contributed by atoms with Crippen LogP contribution < -0.4 is 20.3 Å². The summed E-state index contributed by atoms with van der Waals surface area (Å²) < 4.78 is 11.1. The molecule has 1 aliphatic heterocycles. The zero-order chi connectivity index (χ0) is 21.6. The van der Waals surface area contributed by atoms with Crippen LogP contribution in [0.4, 0.5) is 23.3 Å². The van der Waals surface area contributed by atoms with Crippen molar-refractivity contribution in [2.24, 2.45) is 0 Å². The molecule has 3 aromatic rings. The van der Waals surface area contributed by atoms with Gasteiger partial charge in [-0.2, -0.15) is 15.0 Å². The first-order valence-corrected chi connectivity index (χ1v) is 10.6. The number of aryl methyl sites for hydroxylation is 1. The summed E-state index contributed by atoms with van der Waals surface area (Å²) >= 11 is 0. The summed E-state index contributed by atoms with van der Waals surface area (Å²) in [6, 6.07) is 12.4. The molecule has 4 rings (SSSR count). The summed E-state index contributed by atoms with van der Waals surface area (Å²) in [5, 5.41) is 6.47. The van der Waals surface area contributed by atoms with Gasteiger partial charge in [0.1, 0.15) is 11.5 Å². The smallest absolute Gasteiger partial charge is 0.323 e. The number of rotatable bonds is 8. The molecule has 0 bridgehead atoms. The van der Waals surface area contributed by atoms with E-state index in [9.17, 15) is 0 Å². The predicted molar refractivity (Wildman–Crippen MR) is 121 cm³/mol. The first-order valence-electron chi connectivity index (χ1n) is 10.6. The maximum atomic E-state index is 5.60. The number of furan rings is 1. The quantitative estimate of drug-likeness (QED) is 0.566. The molecule has 0 amide bonds. The van der Waals surface area contributed by atoms with E-state index in [2.05, 4.69) is 54.6 Å². The largest absolute Gasteiger partial charge is 0.465 e. The highest BCUT2D eigenvalue weighted by Gasteiger charge is 2.15. The lowest BCUT2D eigenvalue weighted by atomic mass is 10.2. The molecule has 2 aromatic heterocycles. The Bertz CT molecular complexity index is 999. The fourth-order valence-corrected chi connectivity index (χ4v) is 3.41. The maximum absolute atomic E-state index is 5.60. The van der Waals surface area contributed by atoms with E-state index in [1.54, 1.807) is 0 Å². The minimum atomic E-state index is 0.272. The third-order valence-electron chi connectivity index (χ3n) is 5.08. The van der Waals surface area contributed by atoms with Crippen LogP contribution in [-0.4, -0.2) is 59.7 Å². The van der Waals surface area contributed by atoms with E-state index in [1.807, 2.05) is 38.1 Å². The molecule has 0 unspecified atom stereocenters. The highest BCUT2D eigenvalue weighted by molar-refractivity contribution is 5.62. The minimum absolute atomic E-state index is 0.272. The number of likely N-dealkylation sites (N-methyl/N-ethyl adjacent to an activating group) is 1. The lowest BCUT2D eigenvalue weighted by molar-refractivity contribution is 0.312. The van der Waals surface area contributed by atoms with E-state index >= 15 is 0 Å². The van der Waals surface area contributed by atoms with E-state index in [0.29, 0.717) is 25.0 Å². The molecule has 1 saturated heterocycles. The number of benzene rings is 1. The zero-order valence-corrected chi connectivity index (χ0v) is 18.3. The Morgan fingerprint density at radius 2 is 1.84 bits per heavy atom. The Hall–Kier alpha value is -3.33. The first kappa shape index (κ1) is 20.9. The van der Waals surface area contributed by atoms with E-state index < -0.39 is 0 Å². The summed E-state index contributed by atoms with van der Waals surface area (Å²) in [7, 11) is 2.16. The average molecular weight is 424 g/mol. The molecule has 0 spiro atoms. The Kier molecular flexibility index (Phi) is 6.51. The van der Waals surface area contributed by atoms with Crippen LogP contribution in [0.2, 0.25) is 0 Å². The second kappa shape index (κ2) is 9.65. The lowest BCUT2D eigenvalue weighted by Gasteiger charge is -2.34. The molecule has 9 heteroatoms. The molecule has 1 fully saturated rings. The SMILES string of the molecule is CCOc1nc(NCc2ccc(C)o2)nc(Nc2cccc(N3CCN(C)CC3)c2)n1. The van der Waals surface area contributed by atoms with E-state index in [0.717, 1.165) is 43.4 Å². The van der Waals surface area contributed by atoms with Gasteiger partial charge in [-0.05, 0) is 51.2 Å². The molecule has 3 heterocycles. The predicted octanol–water partition coefficient (Wildman–Crippen LogP) is 3.28. The van der Waals surface area contributed by atoms with Gasteiger partial charge < -0.3 is 29.6 Å². The van der Waals surface area contributed by atoms with Gasteiger partial charge in [-0.25, -0.2) is 0 Å². The maximum Gasteiger partial charge on any atom is 0.323 e. The number of anilines is 4. The molecule has 0 atom stereocenters. The number of ether oxygens (including phenoxy) is 1. The summed E-state index contributed by atoms with van der Waals surface area (Å²) in [6.07, 6.45) is 0. The van der Waals surface area contributed by atoms with Crippen molar-refractivity contribution in [3.8, 4) is 6.01 Å². The second-order valence-electron chi connectivity index (χ2n) is 7.53. The molecule has 0 saturated carbocycles. The number of aromatic nitrogens is 3. The van der Waals surface area contributed by atoms with Gasteiger partial charge in [-0.3, -0.25) is 0 Å². The standard InChI is InChI=1S/C22H29N7O2/c1-4-30-22-26-20(23-15-19-9-8-16(2)31-19)25-21(27-22)24-17-6-5-7-18(14-17)29-12-10-28(3)11-13-29/h5-9,14H,4,10-13,15H2,1-3H3,(H2,23,24,25,26,27). The molecule has 0 radical (unpaired) electrons. The Balaban J connectivity index is 1.49. The number of hydrogen-bond donors (Lipinski definition) is 2. The van der Waals surface area contributed by atoms with Gasteiger partial charge in [0.15, 0.2) is 0 Å². The average Bonchev–Trinajstić information content (AvgIpc) is 3.18. The molecular formula is C22H29N7O2. The topological polar surface area (TPSA) is 91.6 Å². The highest BCUT2D eigenvalue weighted by Crippen LogP contribution is 2.23. The summed E-state index contributed by atoms with van der Waals surface area (Å²) in [5.41, 5.74) is 2.10. The van der Waals surface area contributed by atoms with Crippen molar-refractivity contribution in [1.29, 1.82) is 0 Å². The van der Waals surface area contributed by atoms with Crippen molar-refractivity contribution in [2.75, 3.05) is 55.4 Å². The summed E-state index contributed by atoms with van der Waals surface area (Å²) in [5.74, 6) is 2.52. The van der Waals surface area contributed by atoms with Crippen LogP contribution in [0.25, 0.3) is 0 Å². The van der Waals surface area contributed by atoms with E-state index in [-0.39, 0.29) is 6.01 Å². The molecule has 0 aliphatic carbocycles. The third-order valence-corrected chi connectivity index (χ3v) is 5.08. The normalized spacial score (nSPS) is 14.5. The fraction of sp³-hybridized carbons (Fsp3) is 0.409. The first-order chi connectivity index (χ1) is 15.1. The molecule has 9 nitrogen and oxygen atoms in total. The number of piperazine rings is 1. The van der Waals surface area contributed by atoms with Crippen LogP contribution in [0.3, 0.4) is 0 Å². The van der Waals surface area contributed by atoms with E-state index in [4.69, 9.17) is 9.15 Å². The number of nitrogens with one attached hydrogen (secondary N) is 2. The number of hydrogen-bond acceptors (Lipinski definition) is 9. The van der Waals surface area contributed by atoms with Crippen LogP contribution in [0.5, 0.6) is 6.01 Å². The molecular weight excluding hydrogens is 394 g/mol. The van der Waals surface area contributed by atoms with Gasteiger partial charge in [-0.1, -0.05) is 6.07 Å². The Labute approximate surface area is 182 Å². The monoisotopic (exact) mass is 423 g/mol. The van der Waals surface area contributed by atoms with Crippen LogP contribution in [0.1, 0.15) is 18.4 Å². The summed E-state index contributed by atoms with van der Waals surface area (Å²) in [4.78, 5) is 18.0. The molecule has 1 aromatic carbocycles. The lowest BCUT2D eigenvalue weighted by Crippen LogP contribution is -2.44.